The zero-order valence-electron chi connectivity index (χ0n) is 13.3. The molecule has 1 N–H and O–H groups in total. The highest BCUT2D eigenvalue weighted by atomic mass is 16.6. The fourth-order valence-corrected chi connectivity index (χ4v) is 2.49. The number of carbonyl (C=O) groups excluding carboxylic acids is 1. The van der Waals surface area contributed by atoms with Crippen molar-refractivity contribution in [2.24, 2.45) is 5.92 Å². The summed E-state index contributed by atoms with van der Waals surface area (Å²) in [6, 6.07) is 10.4. The third-order valence-electron chi connectivity index (χ3n) is 3.55. The van der Waals surface area contributed by atoms with Crippen LogP contribution in [0.15, 0.2) is 30.3 Å². The van der Waals surface area contributed by atoms with E-state index in [1.807, 2.05) is 39.0 Å². The maximum Gasteiger partial charge on any atom is 0.313 e. The normalized spacial score (nSPS) is 23.8. The van der Waals surface area contributed by atoms with Crippen LogP contribution in [0.2, 0.25) is 0 Å². The van der Waals surface area contributed by atoms with E-state index in [9.17, 15) is 4.79 Å². The molecule has 0 spiro atoms. The van der Waals surface area contributed by atoms with Gasteiger partial charge in [-0.3, -0.25) is 4.79 Å². The minimum absolute atomic E-state index is 0.00458. The molecule has 0 aromatic heterocycles. The number of ether oxygens (including phenoxy) is 2. The number of hydrogen-bond donors (Lipinski definition) is 1. The van der Waals surface area contributed by atoms with Crippen LogP contribution < -0.4 is 5.32 Å². The lowest BCUT2D eigenvalue weighted by Gasteiger charge is -2.26. The number of nitrogens with one attached hydrogen (secondary N) is 1. The van der Waals surface area contributed by atoms with Crippen LogP contribution in [0.5, 0.6) is 0 Å². The van der Waals surface area contributed by atoms with Crippen LogP contribution in [0, 0.1) is 5.92 Å². The van der Waals surface area contributed by atoms with Crippen molar-refractivity contribution >= 4 is 5.97 Å². The molecule has 21 heavy (non-hydrogen) atoms. The van der Waals surface area contributed by atoms with Crippen molar-refractivity contribution in [1.29, 1.82) is 0 Å². The largest absolute Gasteiger partial charge is 0.460 e. The van der Waals surface area contributed by atoms with E-state index in [0.717, 1.165) is 0 Å². The monoisotopic (exact) mass is 291 g/mol. The Bertz CT molecular complexity index is 467. The van der Waals surface area contributed by atoms with Crippen molar-refractivity contribution in [2.45, 2.75) is 45.4 Å². The average molecular weight is 291 g/mol. The second kappa shape index (κ2) is 6.58. The number of carbonyl (C=O) groups is 1. The van der Waals surface area contributed by atoms with E-state index in [-0.39, 0.29) is 24.0 Å². The van der Waals surface area contributed by atoms with Gasteiger partial charge in [-0.2, -0.15) is 0 Å². The van der Waals surface area contributed by atoms with E-state index in [1.165, 1.54) is 5.56 Å². The molecule has 3 atom stereocenters. The Kier molecular flexibility index (Phi) is 5.01. The van der Waals surface area contributed by atoms with Crippen molar-refractivity contribution < 1.29 is 14.3 Å². The lowest BCUT2D eigenvalue weighted by molar-refractivity contribution is -0.160. The molecule has 0 saturated carbocycles. The van der Waals surface area contributed by atoms with Crippen LogP contribution in [0.3, 0.4) is 0 Å². The first kappa shape index (κ1) is 16.0. The van der Waals surface area contributed by atoms with Gasteiger partial charge in [0.25, 0.3) is 0 Å². The molecule has 1 saturated heterocycles. The molecule has 1 aromatic carbocycles. The number of esters is 1. The summed E-state index contributed by atoms with van der Waals surface area (Å²) in [6.45, 7) is 8.72. The highest BCUT2D eigenvalue weighted by Crippen LogP contribution is 2.22. The van der Waals surface area contributed by atoms with Crippen LogP contribution in [0.1, 0.15) is 39.3 Å². The van der Waals surface area contributed by atoms with E-state index in [1.54, 1.807) is 0 Å². The molecule has 1 aromatic rings. The molecule has 0 aliphatic carbocycles. The Labute approximate surface area is 126 Å². The molecule has 1 fully saturated rings. The lowest BCUT2D eigenvalue weighted by Crippen LogP contribution is -2.42. The van der Waals surface area contributed by atoms with Gasteiger partial charge in [-0.25, -0.2) is 0 Å². The summed E-state index contributed by atoms with van der Waals surface area (Å²) in [5, 5.41) is 3.49. The molecule has 4 nitrogen and oxygen atoms in total. The Morgan fingerprint density at radius 1 is 1.29 bits per heavy atom. The van der Waals surface area contributed by atoms with Gasteiger partial charge in [0, 0.05) is 12.1 Å². The van der Waals surface area contributed by atoms with Gasteiger partial charge >= 0.3 is 5.97 Å². The molecule has 0 bridgehead atoms. The zero-order valence-corrected chi connectivity index (χ0v) is 13.3. The molecule has 0 unspecified atom stereocenters. The third kappa shape index (κ3) is 4.55. The summed E-state index contributed by atoms with van der Waals surface area (Å²) < 4.78 is 11.0. The Hall–Kier alpha value is -1.39. The van der Waals surface area contributed by atoms with E-state index >= 15 is 0 Å². The molecular formula is C17H25NO3. The summed E-state index contributed by atoms with van der Waals surface area (Å²) in [5.74, 6) is -0.423. The molecule has 0 radical (unpaired) electrons. The van der Waals surface area contributed by atoms with Gasteiger partial charge < -0.3 is 14.8 Å². The molecule has 1 heterocycles. The molecule has 1 aliphatic heterocycles. The first-order chi connectivity index (χ1) is 9.87. The quantitative estimate of drug-likeness (QED) is 0.867. The molecule has 116 valence electrons. The first-order valence-electron chi connectivity index (χ1n) is 7.48. The fourth-order valence-electron chi connectivity index (χ4n) is 2.49. The maximum absolute atomic E-state index is 12.2. The van der Waals surface area contributed by atoms with Crippen molar-refractivity contribution in [1.82, 2.24) is 5.32 Å². The molecule has 2 rings (SSSR count). The average Bonchev–Trinajstić information content (AvgIpc) is 2.86. The van der Waals surface area contributed by atoms with Crippen molar-refractivity contribution in [3.05, 3.63) is 35.9 Å². The number of rotatable bonds is 4. The SMILES string of the molecule is C[C@H](N[C@@H]1COC[C@@H]1C(=O)OC(C)(C)C)c1ccccc1. The molecule has 0 amide bonds. The Morgan fingerprint density at radius 3 is 2.57 bits per heavy atom. The van der Waals surface area contributed by atoms with Gasteiger partial charge in [-0.1, -0.05) is 30.3 Å². The minimum atomic E-state index is -0.463. The van der Waals surface area contributed by atoms with Crippen molar-refractivity contribution in [3.8, 4) is 0 Å². The van der Waals surface area contributed by atoms with E-state index in [2.05, 4.69) is 24.4 Å². The summed E-state index contributed by atoms with van der Waals surface area (Å²) in [4.78, 5) is 12.2. The van der Waals surface area contributed by atoms with Crippen LogP contribution >= 0.6 is 0 Å². The van der Waals surface area contributed by atoms with Crippen molar-refractivity contribution in [2.75, 3.05) is 13.2 Å². The summed E-state index contributed by atoms with van der Waals surface area (Å²) >= 11 is 0. The van der Waals surface area contributed by atoms with E-state index in [0.29, 0.717) is 13.2 Å². The van der Waals surface area contributed by atoms with E-state index in [4.69, 9.17) is 9.47 Å². The summed E-state index contributed by atoms with van der Waals surface area (Å²) in [7, 11) is 0. The predicted molar refractivity (Wildman–Crippen MR) is 81.9 cm³/mol. The van der Waals surface area contributed by atoms with Gasteiger partial charge in [-0.05, 0) is 33.3 Å². The Balaban J connectivity index is 1.97. The van der Waals surface area contributed by atoms with Crippen LogP contribution in [0.25, 0.3) is 0 Å². The third-order valence-corrected chi connectivity index (χ3v) is 3.55. The van der Waals surface area contributed by atoms with Crippen LogP contribution in [-0.4, -0.2) is 30.8 Å². The summed E-state index contributed by atoms with van der Waals surface area (Å²) in [6.07, 6.45) is 0. The van der Waals surface area contributed by atoms with Gasteiger partial charge in [0.05, 0.1) is 19.1 Å². The fraction of sp³-hybridized carbons (Fsp3) is 0.588. The highest BCUT2D eigenvalue weighted by molar-refractivity contribution is 5.74. The van der Waals surface area contributed by atoms with Crippen molar-refractivity contribution in [3.63, 3.8) is 0 Å². The maximum atomic E-state index is 12.2. The highest BCUT2D eigenvalue weighted by Gasteiger charge is 2.37. The predicted octanol–water partition coefficient (Wildman–Crippen LogP) is 2.69. The molecule has 4 heteroatoms. The number of benzene rings is 1. The second-order valence-corrected chi connectivity index (χ2v) is 6.58. The van der Waals surface area contributed by atoms with Crippen LogP contribution in [-0.2, 0) is 14.3 Å². The standard InChI is InChI=1S/C17H25NO3/c1-12(13-8-6-5-7-9-13)18-15-11-20-10-14(15)16(19)21-17(2,3)4/h5-9,12,14-15,18H,10-11H2,1-4H3/t12-,14-,15+/m0/s1. The van der Waals surface area contributed by atoms with Gasteiger partial charge in [0.1, 0.15) is 5.60 Å². The topological polar surface area (TPSA) is 47.6 Å². The molecule has 1 aliphatic rings. The van der Waals surface area contributed by atoms with Gasteiger partial charge in [-0.15, -0.1) is 0 Å². The second-order valence-electron chi connectivity index (χ2n) is 6.58. The molecular weight excluding hydrogens is 266 g/mol. The lowest BCUT2D eigenvalue weighted by atomic mass is 10.0. The minimum Gasteiger partial charge on any atom is -0.460 e. The first-order valence-corrected chi connectivity index (χ1v) is 7.48. The van der Waals surface area contributed by atoms with Gasteiger partial charge in [0.15, 0.2) is 0 Å². The van der Waals surface area contributed by atoms with Crippen LogP contribution in [0.4, 0.5) is 0 Å². The number of hydrogen-bond acceptors (Lipinski definition) is 4. The zero-order chi connectivity index (χ0) is 15.5. The smallest absolute Gasteiger partial charge is 0.313 e. The summed E-state index contributed by atoms with van der Waals surface area (Å²) in [5.41, 5.74) is 0.738. The van der Waals surface area contributed by atoms with E-state index < -0.39 is 5.60 Å². The Morgan fingerprint density at radius 2 is 1.95 bits per heavy atom. The van der Waals surface area contributed by atoms with Gasteiger partial charge in [0.2, 0.25) is 0 Å².